The van der Waals surface area contributed by atoms with E-state index in [0.29, 0.717) is 0 Å². The van der Waals surface area contributed by atoms with Gasteiger partial charge in [0.25, 0.3) is 0 Å². The van der Waals surface area contributed by atoms with Gasteiger partial charge in [0.1, 0.15) is 0 Å². The molecule has 0 spiro atoms. The smallest absolute Gasteiger partial charge is 0.0619 e. The minimum absolute atomic E-state index is 1.16. The number of hydrogen-bond acceptors (Lipinski definition) is 0. The normalized spacial score (nSPS) is 11.9. The van der Waals surface area contributed by atoms with Gasteiger partial charge in [0.15, 0.2) is 0 Å². The first-order chi connectivity index (χ1) is 22.9. The molecule has 0 fully saturated rings. The van der Waals surface area contributed by atoms with Crippen molar-refractivity contribution in [2.45, 2.75) is 0 Å². The van der Waals surface area contributed by atoms with Gasteiger partial charge in [-0.1, -0.05) is 133 Å². The lowest BCUT2D eigenvalue weighted by molar-refractivity contribution is 1.18. The van der Waals surface area contributed by atoms with Crippen LogP contribution >= 0.6 is 0 Å². The molecule has 0 unspecified atom stereocenters. The third-order valence-electron chi connectivity index (χ3n) is 9.70. The monoisotopic (exact) mass is 584 g/mol. The molecule has 0 atom stereocenters. The van der Waals surface area contributed by atoms with Gasteiger partial charge in [-0.2, -0.15) is 0 Å². The van der Waals surface area contributed by atoms with E-state index in [4.69, 9.17) is 0 Å². The number of fused-ring (bicyclic) bond motifs is 8. The van der Waals surface area contributed by atoms with Gasteiger partial charge in [0, 0.05) is 38.0 Å². The van der Waals surface area contributed by atoms with Crippen LogP contribution in [0.2, 0.25) is 0 Å². The molecule has 214 valence electrons. The Morgan fingerprint density at radius 3 is 1.00 bits per heavy atom. The first kappa shape index (κ1) is 25.2. The molecule has 10 rings (SSSR count). The molecule has 0 aliphatic heterocycles. The lowest BCUT2D eigenvalue weighted by Crippen LogP contribution is -1.99. The maximum absolute atomic E-state index is 2.48. The molecule has 0 amide bonds. The van der Waals surface area contributed by atoms with Crippen LogP contribution in [-0.2, 0) is 0 Å². The van der Waals surface area contributed by atoms with Crippen molar-refractivity contribution in [1.29, 1.82) is 0 Å². The van der Waals surface area contributed by atoms with Gasteiger partial charge in [-0.15, -0.1) is 0 Å². The van der Waals surface area contributed by atoms with Gasteiger partial charge in [-0.05, 0) is 58.3 Å². The van der Waals surface area contributed by atoms with Crippen LogP contribution in [0, 0.1) is 0 Å². The number of hydrogen-bond donors (Lipinski definition) is 0. The lowest BCUT2D eigenvalue weighted by Gasteiger charge is -2.19. The zero-order valence-corrected chi connectivity index (χ0v) is 25.1. The second kappa shape index (κ2) is 9.69. The summed E-state index contributed by atoms with van der Waals surface area (Å²) in [6, 6.07) is 61.9. The zero-order valence-electron chi connectivity index (χ0n) is 25.1. The number of aromatic nitrogens is 2. The number of benzene rings is 8. The highest BCUT2D eigenvalue weighted by atomic mass is 15.0. The molecule has 0 N–H and O–H groups in total. The molecule has 2 nitrogen and oxygen atoms in total. The van der Waals surface area contributed by atoms with Crippen LogP contribution in [-0.4, -0.2) is 9.13 Å². The van der Waals surface area contributed by atoms with E-state index in [-0.39, 0.29) is 0 Å². The SMILES string of the molecule is c1ccc2c(-n3c4ccccc4c4ccccc43)c3ccccc3c(-c3ccc(-n4c5ccccc5c5ccccc54)cc3)c2c1. The molecule has 0 radical (unpaired) electrons. The Bertz CT molecular complexity index is 2630. The fourth-order valence-electron chi connectivity index (χ4n) is 7.80. The summed E-state index contributed by atoms with van der Waals surface area (Å²) in [7, 11) is 0. The lowest BCUT2D eigenvalue weighted by atomic mass is 9.90. The van der Waals surface area contributed by atoms with Crippen molar-refractivity contribution in [1.82, 2.24) is 9.13 Å². The summed E-state index contributed by atoms with van der Waals surface area (Å²) in [6.07, 6.45) is 0. The molecular formula is C44H28N2. The number of para-hydroxylation sites is 4. The third kappa shape index (κ3) is 3.47. The van der Waals surface area contributed by atoms with E-state index in [1.54, 1.807) is 0 Å². The van der Waals surface area contributed by atoms with E-state index in [2.05, 4.69) is 179 Å². The van der Waals surface area contributed by atoms with E-state index in [0.717, 1.165) is 5.69 Å². The quantitative estimate of drug-likeness (QED) is 0.183. The first-order valence-electron chi connectivity index (χ1n) is 15.9. The second-order valence-electron chi connectivity index (χ2n) is 12.1. The summed E-state index contributed by atoms with van der Waals surface area (Å²) in [5.41, 5.74) is 9.77. The van der Waals surface area contributed by atoms with Gasteiger partial charge in [-0.25, -0.2) is 0 Å². The van der Waals surface area contributed by atoms with Crippen molar-refractivity contribution in [2.24, 2.45) is 0 Å². The van der Waals surface area contributed by atoms with Crippen molar-refractivity contribution >= 4 is 65.2 Å². The Hall–Kier alpha value is -6.12. The summed E-state index contributed by atoms with van der Waals surface area (Å²) in [5.74, 6) is 0. The van der Waals surface area contributed by atoms with Gasteiger partial charge in [-0.3, -0.25) is 0 Å². The summed E-state index contributed by atoms with van der Waals surface area (Å²) >= 11 is 0. The van der Waals surface area contributed by atoms with Gasteiger partial charge >= 0.3 is 0 Å². The van der Waals surface area contributed by atoms with Gasteiger partial charge in [0.2, 0.25) is 0 Å². The Labute approximate surface area is 266 Å². The van der Waals surface area contributed by atoms with E-state index in [1.165, 1.54) is 82.0 Å². The summed E-state index contributed by atoms with van der Waals surface area (Å²) in [6.45, 7) is 0. The molecule has 0 bridgehead atoms. The van der Waals surface area contributed by atoms with Crippen molar-refractivity contribution in [3.63, 3.8) is 0 Å². The Morgan fingerprint density at radius 1 is 0.261 bits per heavy atom. The highest BCUT2D eigenvalue weighted by molar-refractivity contribution is 6.21. The average Bonchev–Trinajstić information content (AvgIpc) is 3.64. The van der Waals surface area contributed by atoms with E-state index in [1.807, 2.05) is 0 Å². The third-order valence-corrected chi connectivity index (χ3v) is 9.70. The van der Waals surface area contributed by atoms with Crippen LogP contribution in [0.5, 0.6) is 0 Å². The molecule has 8 aromatic carbocycles. The van der Waals surface area contributed by atoms with Gasteiger partial charge in [0.05, 0.1) is 27.8 Å². The van der Waals surface area contributed by atoms with Crippen LogP contribution in [0.3, 0.4) is 0 Å². The van der Waals surface area contributed by atoms with Crippen LogP contribution < -0.4 is 0 Å². The summed E-state index contributed by atoms with van der Waals surface area (Å²) < 4.78 is 4.86. The van der Waals surface area contributed by atoms with E-state index in [9.17, 15) is 0 Å². The largest absolute Gasteiger partial charge is 0.309 e. The summed E-state index contributed by atoms with van der Waals surface area (Å²) in [4.78, 5) is 0. The standard InChI is InChI=1S/C44H28N2/c1-3-19-37-35(17-1)43(29-25-27-30(28-26-29)45-39-21-9-5-13-31(39)32-14-6-10-22-40(32)45)36-18-2-4-20-38(36)44(37)46-41-23-11-7-15-33(41)34-16-8-12-24-42(34)46/h1-28H. The molecule has 2 aromatic heterocycles. The Morgan fingerprint density at radius 2 is 0.587 bits per heavy atom. The van der Waals surface area contributed by atoms with Crippen LogP contribution in [0.15, 0.2) is 170 Å². The predicted octanol–water partition coefficient (Wildman–Crippen LogP) is 11.9. The Balaban J connectivity index is 1.25. The number of nitrogens with zero attached hydrogens (tertiary/aromatic N) is 2. The van der Waals surface area contributed by atoms with Crippen molar-refractivity contribution in [2.75, 3.05) is 0 Å². The number of rotatable bonds is 3. The molecule has 2 heteroatoms. The highest BCUT2D eigenvalue weighted by Gasteiger charge is 2.20. The zero-order chi connectivity index (χ0) is 30.2. The molecule has 0 aliphatic rings. The highest BCUT2D eigenvalue weighted by Crippen LogP contribution is 2.44. The fraction of sp³-hybridized carbons (Fsp3) is 0. The maximum Gasteiger partial charge on any atom is 0.0619 e. The van der Waals surface area contributed by atoms with Crippen molar-refractivity contribution in [3.8, 4) is 22.5 Å². The topological polar surface area (TPSA) is 9.86 Å². The maximum atomic E-state index is 2.48. The Kier molecular flexibility index (Phi) is 5.31. The molecular weight excluding hydrogens is 556 g/mol. The van der Waals surface area contributed by atoms with E-state index >= 15 is 0 Å². The molecule has 0 saturated heterocycles. The second-order valence-corrected chi connectivity index (χ2v) is 12.1. The fourth-order valence-corrected chi connectivity index (χ4v) is 7.80. The van der Waals surface area contributed by atoms with Gasteiger partial charge < -0.3 is 9.13 Å². The molecule has 0 saturated carbocycles. The average molecular weight is 585 g/mol. The van der Waals surface area contributed by atoms with E-state index < -0.39 is 0 Å². The minimum atomic E-state index is 1.16. The van der Waals surface area contributed by atoms with Crippen LogP contribution in [0.25, 0.3) is 87.7 Å². The molecule has 0 aliphatic carbocycles. The van der Waals surface area contributed by atoms with Crippen molar-refractivity contribution < 1.29 is 0 Å². The van der Waals surface area contributed by atoms with Crippen LogP contribution in [0.1, 0.15) is 0 Å². The molecule has 10 aromatic rings. The minimum Gasteiger partial charge on any atom is -0.309 e. The van der Waals surface area contributed by atoms with Crippen molar-refractivity contribution in [3.05, 3.63) is 170 Å². The summed E-state index contributed by atoms with van der Waals surface area (Å²) in [5, 5.41) is 10.1. The molecule has 46 heavy (non-hydrogen) atoms. The predicted molar refractivity (Wildman–Crippen MR) is 196 cm³/mol. The first-order valence-corrected chi connectivity index (χ1v) is 15.9. The molecule has 2 heterocycles. The van der Waals surface area contributed by atoms with Crippen LogP contribution in [0.4, 0.5) is 0 Å².